The number of urea groups is 1. The standard InChI is InChI=1S/C15H21N5O6/c21-12(22)8-26-20-10-3-4-11(19(7-10)15(20)25)14(24)18-17-13(23)9-2-1-5-16-6-9/h6,10-11,16H,1-5,7-8H2,(H,17,23)(H,18,24)(H,21,22)/t10-,11+/m1/s1. The number of hydrogen-bond acceptors (Lipinski definition) is 6. The second kappa shape index (κ2) is 7.60. The summed E-state index contributed by atoms with van der Waals surface area (Å²) in [5.74, 6) is -2.06. The van der Waals surface area contributed by atoms with Crippen LogP contribution in [0.15, 0.2) is 11.8 Å². The number of carboxylic acids is 1. The van der Waals surface area contributed by atoms with Gasteiger partial charge in [-0.25, -0.2) is 9.59 Å². The maximum atomic E-state index is 12.4. The molecule has 3 rings (SSSR count). The van der Waals surface area contributed by atoms with E-state index in [9.17, 15) is 19.2 Å². The van der Waals surface area contributed by atoms with Crippen molar-refractivity contribution in [3.05, 3.63) is 11.8 Å². The molecule has 142 valence electrons. The minimum Gasteiger partial charge on any atom is -0.479 e. The van der Waals surface area contributed by atoms with Gasteiger partial charge in [0.2, 0.25) is 0 Å². The average molecular weight is 367 g/mol. The number of fused-ring (bicyclic) bond motifs is 2. The zero-order valence-corrected chi connectivity index (χ0v) is 14.1. The molecule has 3 aliphatic heterocycles. The Hall–Kier alpha value is -2.82. The van der Waals surface area contributed by atoms with E-state index < -0.39 is 36.5 Å². The van der Waals surface area contributed by atoms with Crippen molar-refractivity contribution < 1.29 is 29.1 Å². The number of carbonyl (C=O) groups is 4. The van der Waals surface area contributed by atoms with Crippen LogP contribution in [0, 0.1) is 0 Å². The summed E-state index contributed by atoms with van der Waals surface area (Å²) in [5, 5.41) is 12.7. The minimum atomic E-state index is -1.18. The van der Waals surface area contributed by atoms with Crippen LogP contribution in [0.5, 0.6) is 0 Å². The molecule has 11 heteroatoms. The summed E-state index contributed by atoms with van der Waals surface area (Å²) in [6.07, 6.45) is 3.99. The summed E-state index contributed by atoms with van der Waals surface area (Å²) in [6.45, 7) is 0.468. The van der Waals surface area contributed by atoms with Crippen LogP contribution in [0.1, 0.15) is 25.7 Å². The molecule has 2 saturated heterocycles. The number of carbonyl (C=O) groups excluding carboxylic acids is 3. The molecule has 2 atom stereocenters. The van der Waals surface area contributed by atoms with E-state index in [-0.39, 0.29) is 12.6 Å². The van der Waals surface area contributed by atoms with E-state index in [1.807, 2.05) is 0 Å². The van der Waals surface area contributed by atoms with Crippen LogP contribution >= 0.6 is 0 Å². The lowest BCUT2D eigenvalue weighted by atomic mass is 10.0. The Labute approximate surface area is 149 Å². The van der Waals surface area contributed by atoms with E-state index in [0.29, 0.717) is 24.8 Å². The van der Waals surface area contributed by atoms with Gasteiger partial charge in [-0.1, -0.05) is 0 Å². The molecule has 4 N–H and O–H groups in total. The molecule has 0 aromatic rings. The third-order valence-electron chi connectivity index (χ3n) is 4.59. The van der Waals surface area contributed by atoms with Gasteiger partial charge in [0.05, 0.1) is 6.04 Å². The first-order chi connectivity index (χ1) is 12.5. The van der Waals surface area contributed by atoms with Crippen LogP contribution in [0.2, 0.25) is 0 Å². The predicted molar refractivity (Wildman–Crippen MR) is 85.9 cm³/mol. The van der Waals surface area contributed by atoms with Gasteiger partial charge in [0.15, 0.2) is 6.61 Å². The summed E-state index contributed by atoms with van der Waals surface area (Å²) in [4.78, 5) is 53.7. The Morgan fingerprint density at radius 2 is 2.12 bits per heavy atom. The number of amides is 4. The third kappa shape index (κ3) is 3.72. The van der Waals surface area contributed by atoms with Gasteiger partial charge >= 0.3 is 12.0 Å². The van der Waals surface area contributed by atoms with Gasteiger partial charge in [0, 0.05) is 24.9 Å². The fourth-order valence-corrected chi connectivity index (χ4v) is 3.30. The summed E-state index contributed by atoms with van der Waals surface area (Å²) in [5.41, 5.74) is 5.28. The molecule has 26 heavy (non-hydrogen) atoms. The summed E-state index contributed by atoms with van der Waals surface area (Å²) in [6, 6.07) is -1.56. The van der Waals surface area contributed by atoms with Crippen LogP contribution in [-0.2, 0) is 19.2 Å². The van der Waals surface area contributed by atoms with Crippen LogP contribution in [0.25, 0.3) is 0 Å². The maximum absolute atomic E-state index is 12.4. The first kappa shape index (κ1) is 18.0. The van der Waals surface area contributed by atoms with E-state index in [2.05, 4.69) is 16.2 Å². The SMILES string of the molecule is O=C(O)CON1C(=O)N2C[C@H]1CC[C@H]2C(=O)NNC(=O)C1=CNCCC1. The highest BCUT2D eigenvalue weighted by molar-refractivity contribution is 5.96. The van der Waals surface area contributed by atoms with Crippen molar-refractivity contribution in [3.8, 4) is 0 Å². The van der Waals surface area contributed by atoms with Gasteiger partial charge in [-0.2, -0.15) is 5.06 Å². The van der Waals surface area contributed by atoms with Crippen LogP contribution < -0.4 is 16.2 Å². The number of hydroxylamine groups is 2. The Morgan fingerprint density at radius 1 is 1.31 bits per heavy atom. The fourth-order valence-electron chi connectivity index (χ4n) is 3.30. The molecule has 0 spiro atoms. The number of piperidine rings is 1. The highest BCUT2D eigenvalue weighted by Crippen LogP contribution is 2.30. The second-order valence-electron chi connectivity index (χ2n) is 6.35. The van der Waals surface area contributed by atoms with Crippen molar-refractivity contribution in [2.75, 3.05) is 19.7 Å². The summed E-state index contributed by atoms with van der Waals surface area (Å²) < 4.78 is 0. The molecule has 11 nitrogen and oxygen atoms in total. The first-order valence-electron chi connectivity index (χ1n) is 8.44. The topological polar surface area (TPSA) is 140 Å². The second-order valence-corrected chi connectivity index (χ2v) is 6.35. The molecule has 0 aliphatic carbocycles. The fraction of sp³-hybridized carbons (Fsp3) is 0.600. The molecule has 4 amide bonds. The van der Waals surface area contributed by atoms with Crippen LogP contribution in [-0.4, -0.2) is 70.7 Å². The highest BCUT2D eigenvalue weighted by Gasteiger charge is 2.48. The maximum Gasteiger partial charge on any atom is 0.345 e. The first-order valence-corrected chi connectivity index (χ1v) is 8.44. The lowest BCUT2D eigenvalue weighted by Crippen LogP contribution is -2.54. The van der Waals surface area contributed by atoms with Crippen molar-refractivity contribution in [2.45, 2.75) is 37.8 Å². The molecule has 0 aromatic heterocycles. The Balaban J connectivity index is 1.54. The van der Waals surface area contributed by atoms with Crippen molar-refractivity contribution in [2.24, 2.45) is 0 Å². The largest absolute Gasteiger partial charge is 0.479 e. The number of aliphatic carboxylic acids is 1. The summed E-state index contributed by atoms with van der Waals surface area (Å²) >= 11 is 0. The molecule has 0 radical (unpaired) electrons. The molecular weight excluding hydrogens is 346 g/mol. The van der Waals surface area contributed by atoms with Gasteiger partial charge in [0.1, 0.15) is 6.04 Å². The van der Waals surface area contributed by atoms with E-state index in [1.54, 1.807) is 6.20 Å². The number of nitrogens with one attached hydrogen (secondary N) is 3. The zero-order chi connectivity index (χ0) is 18.7. The van der Waals surface area contributed by atoms with Crippen LogP contribution in [0.3, 0.4) is 0 Å². The number of nitrogens with zero attached hydrogens (tertiary/aromatic N) is 2. The van der Waals surface area contributed by atoms with E-state index in [0.717, 1.165) is 18.0 Å². The summed E-state index contributed by atoms with van der Waals surface area (Å²) in [7, 11) is 0. The lowest BCUT2D eigenvalue weighted by molar-refractivity contribution is -0.167. The number of carboxylic acid groups (broad SMARTS) is 1. The third-order valence-corrected chi connectivity index (χ3v) is 4.59. The van der Waals surface area contributed by atoms with Crippen molar-refractivity contribution >= 4 is 23.8 Å². The molecule has 3 aliphatic rings. The quantitative estimate of drug-likeness (QED) is 0.442. The zero-order valence-electron chi connectivity index (χ0n) is 14.1. The number of hydrazine groups is 1. The van der Waals surface area contributed by atoms with Crippen molar-refractivity contribution in [1.82, 2.24) is 26.1 Å². The van der Waals surface area contributed by atoms with Gasteiger partial charge in [-0.3, -0.25) is 25.3 Å². The Bertz CT molecular complexity index is 650. The lowest BCUT2D eigenvalue weighted by Gasteiger charge is -2.29. The molecule has 3 heterocycles. The molecule has 0 unspecified atom stereocenters. The van der Waals surface area contributed by atoms with Crippen molar-refractivity contribution in [3.63, 3.8) is 0 Å². The van der Waals surface area contributed by atoms with Gasteiger partial charge < -0.3 is 15.3 Å². The van der Waals surface area contributed by atoms with Gasteiger partial charge in [-0.15, -0.1) is 0 Å². The van der Waals surface area contributed by atoms with Gasteiger partial charge in [-0.05, 0) is 25.7 Å². The Kier molecular flexibility index (Phi) is 5.26. The van der Waals surface area contributed by atoms with Crippen LogP contribution in [0.4, 0.5) is 4.79 Å². The van der Waals surface area contributed by atoms with E-state index in [1.165, 1.54) is 4.90 Å². The Morgan fingerprint density at radius 3 is 2.81 bits per heavy atom. The smallest absolute Gasteiger partial charge is 0.345 e. The molecule has 0 saturated carbocycles. The average Bonchev–Trinajstić information content (AvgIpc) is 2.88. The van der Waals surface area contributed by atoms with E-state index >= 15 is 0 Å². The minimum absolute atomic E-state index is 0.277. The van der Waals surface area contributed by atoms with E-state index in [4.69, 9.17) is 9.94 Å². The predicted octanol–water partition coefficient (Wildman–Crippen LogP) is -1.31. The molecular formula is C15H21N5O6. The molecule has 0 aromatic carbocycles. The number of rotatable bonds is 5. The van der Waals surface area contributed by atoms with Crippen molar-refractivity contribution in [1.29, 1.82) is 0 Å². The van der Waals surface area contributed by atoms with Gasteiger partial charge in [0.25, 0.3) is 11.8 Å². The highest BCUT2D eigenvalue weighted by atomic mass is 16.7. The normalized spacial score (nSPS) is 24.6. The molecule has 2 bridgehead atoms. The monoisotopic (exact) mass is 367 g/mol. The molecule has 2 fully saturated rings. The number of hydrogen-bond donors (Lipinski definition) is 4.